The van der Waals surface area contributed by atoms with Crippen LogP contribution in [0.25, 0.3) is 0 Å². The molecule has 0 aromatic carbocycles. The molecular weight excluding hydrogens is 166 g/mol. The van der Waals surface area contributed by atoms with Gasteiger partial charge in [0.2, 0.25) is 0 Å². The highest BCUT2D eigenvalue weighted by molar-refractivity contribution is 5.08. The van der Waals surface area contributed by atoms with Crippen LogP contribution in [0.1, 0.15) is 18.9 Å². The van der Waals surface area contributed by atoms with Gasteiger partial charge >= 0.3 is 0 Å². The van der Waals surface area contributed by atoms with Crippen molar-refractivity contribution in [1.82, 2.24) is 4.98 Å². The van der Waals surface area contributed by atoms with Crippen molar-refractivity contribution >= 4 is 0 Å². The van der Waals surface area contributed by atoms with Gasteiger partial charge in [0.05, 0.1) is 0 Å². The second-order valence-electron chi connectivity index (χ2n) is 2.82. The minimum atomic E-state index is 0.0130. The van der Waals surface area contributed by atoms with Gasteiger partial charge in [-0.2, -0.15) is 0 Å². The van der Waals surface area contributed by atoms with Gasteiger partial charge in [0, 0.05) is 25.0 Å². The van der Waals surface area contributed by atoms with E-state index in [2.05, 4.69) is 4.98 Å². The number of hydrogen-bond acceptors (Lipinski definition) is 2. The second-order valence-corrected chi connectivity index (χ2v) is 2.82. The van der Waals surface area contributed by atoms with Crippen molar-refractivity contribution in [2.24, 2.45) is 0 Å². The number of ether oxygens (including phenoxy) is 1. The molecule has 13 heavy (non-hydrogen) atoms. The zero-order chi connectivity index (χ0) is 9.52. The molecule has 1 aromatic heterocycles. The Hall–Kier alpha value is -1.09. The summed E-state index contributed by atoms with van der Waals surface area (Å²) in [6.07, 6.45) is 3.34. The minimum Gasteiger partial charge on any atom is -0.382 e. The molecule has 3 heteroatoms. The average Bonchev–Trinajstić information content (AvgIpc) is 2.15. The molecular formula is C10H15NO2. The Morgan fingerprint density at radius 2 is 2.38 bits per heavy atom. The maximum atomic E-state index is 11.2. The number of rotatable bonds is 5. The summed E-state index contributed by atoms with van der Waals surface area (Å²) in [5, 5.41) is 0. The Kier molecular flexibility index (Phi) is 4.26. The summed E-state index contributed by atoms with van der Waals surface area (Å²) in [5.41, 5.74) is 0.848. The number of aromatic nitrogens is 1. The molecule has 0 aliphatic heterocycles. The van der Waals surface area contributed by atoms with E-state index in [4.69, 9.17) is 4.74 Å². The van der Waals surface area contributed by atoms with Crippen molar-refractivity contribution in [3.63, 3.8) is 0 Å². The van der Waals surface area contributed by atoms with E-state index in [9.17, 15) is 4.79 Å². The van der Waals surface area contributed by atoms with Gasteiger partial charge in [0.25, 0.3) is 5.56 Å². The van der Waals surface area contributed by atoms with E-state index >= 15 is 0 Å². The molecule has 0 fully saturated rings. The average molecular weight is 181 g/mol. The van der Waals surface area contributed by atoms with Crippen molar-refractivity contribution in [2.75, 3.05) is 13.2 Å². The number of pyridine rings is 1. The molecule has 0 atom stereocenters. The molecule has 1 rings (SSSR count). The highest BCUT2D eigenvalue weighted by Gasteiger charge is 1.96. The number of H-pyrrole nitrogens is 1. The fraction of sp³-hybridized carbons (Fsp3) is 0.500. The second kappa shape index (κ2) is 5.54. The molecule has 0 bridgehead atoms. The lowest BCUT2D eigenvalue weighted by Gasteiger charge is -2.00. The van der Waals surface area contributed by atoms with E-state index in [1.54, 1.807) is 6.20 Å². The minimum absolute atomic E-state index is 0.0130. The zero-order valence-corrected chi connectivity index (χ0v) is 7.88. The van der Waals surface area contributed by atoms with Crippen molar-refractivity contribution in [2.45, 2.75) is 19.8 Å². The Morgan fingerprint density at radius 1 is 1.54 bits per heavy atom. The van der Waals surface area contributed by atoms with Gasteiger partial charge in [-0.05, 0) is 25.8 Å². The fourth-order valence-electron chi connectivity index (χ4n) is 1.16. The molecule has 3 nitrogen and oxygen atoms in total. The Morgan fingerprint density at radius 3 is 3.08 bits per heavy atom. The number of hydrogen-bond donors (Lipinski definition) is 1. The van der Waals surface area contributed by atoms with Crippen LogP contribution in [0.15, 0.2) is 23.1 Å². The lowest BCUT2D eigenvalue weighted by molar-refractivity contribution is 0.145. The van der Waals surface area contributed by atoms with Crippen molar-refractivity contribution < 1.29 is 4.74 Å². The molecule has 1 heterocycles. The molecule has 0 saturated carbocycles. The summed E-state index contributed by atoms with van der Waals surface area (Å²) in [4.78, 5) is 13.8. The normalized spacial score (nSPS) is 10.2. The third-order valence-electron chi connectivity index (χ3n) is 1.84. The van der Waals surface area contributed by atoms with E-state index in [-0.39, 0.29) is 5.56 Å². The molecule has 0 spiro atoms. The molecule has 1 aromatic rings. The predicted octanol–water partition coefficient (Wildman–Crippen LogP) is 1.34. The summed E-state index contributed by atoms with van der Waals surface area (Å²) in [7, 11) is 0. The fourth-order valence-corrected chi connectivity index (χ4v) is 1.16. The van der Waals surface area contributed by atoms with Gasteiger partial charge in [0.15, 0.2) is 0 Å². The van der Waals surface area contributed by atoms with Gasteiger partial charge in [-0.1, -0.05) is 6.07 Å². The Labute approximate surface area is 77.8 Å². The summed E-state index contributed by atoms with van der Waals surface area (Å²) >= 11 is 0. The molecule has 0 radical (unpaired) electrons. The van der Waals surface area contributed by atoms with E-state index in [1.807, 2.05) is 19.1 Å². The van der Waals surface area contributed by atoms with Gasteiger partial charge in [-0.15, -0.1) is 0 Å². The topological polar surface area (TPSA) is 42.1 Å². The smallest absolute Gasteiger partial charge is 0.251 e. The van der Waals surface area contributed by atoms with Crippen LogP contribution in [0.4, 0.5) is 0 Å². The summed E-state index contributed by atoms with van der Waals surface area (Å²) in [5.74, 6) is 0. The van der Waals surface area contributed by atoms with Crippen LogP contribution >= 0.6 is 0 Å². The quantitative estimate of drug-likeness (QED) is 0.696. The number of aryl methyl sites for hydroxylation is 1. The molecule has 0 aliphatic carbocycles. The highest BCUT2D eigenvalue weighted by Crippen LogP contribution is 1.95. The molecule has 0 amide bonds. The van der Waals surface area contributed by atoms with Crippen LogP contribution in [0.5, 0.6) is 0 Å². The van der Waals surface area contributed by atoms with Crippen LogP contribution in [-0.2, 0) is 11.2 Å². The van der Waals surface area contributed by atoms with E-state index < -0.39 is 0 Å². The van der Waals surface area contributed by atoms with Crippen molar-refractivity contribution in [1.29, 1.82) is 0 Å². The first-order valence-electron chi connectivity index (χ1n) is 4.59. The predicted molar refractivity (Wildman–Crippen MR) is 51.9 cm³/mol. The van der Waals surface area contributed by atoms with Crippen LogP contribution in [0.3, 0.4) is 0 Å². The molecule has 0 saturated heterocycles. The lowest BCUT2D eigenvalue weighted by Crippen LogP contribution is -2.11. The van der Waals surface area contributed by atoms with Gasteiger partial charge in [-0.25, -0.2) is 0 Å². The van der Waals surface area contributed by atoms with E-state index in [0.29, 0.717) is 0 Å². The summed E-state index contributed by atoms with van der Waals surface area (Å²) in [6, 6.07) is 3.70. The van der Waals surface area contributed by atoms with Crippen molar-refractivity contribution in [3.05, 3.63) is 34.2 Å². The Bertz CT molecular complexity index is 293. The van der Waals surface area contributed by atoms with E-state index in [0.717, 1.165) is 31.6 Å². The van der Waals surface area contributed by atoms with Gasteiger partial charge in [0.1, 0.15) is 0 Å². The third-order valence-corrected chi connectivity index (χ3v) is 1.84. The first-order valence-corrected chi connectivity index (χ1v) is 4.59. The summed E-state index contributed by atoms with van der Waals surface area (Å²) < 4.78 is 5.18. The Balaban J connectivity index is 2.37. The van der Waals surface area contributed by atoms with Gasteiger partial charge in [-0.3, -0.25) is 4.79 Å². The number of aromatic amines is 1. The monoisotopic (exact) mass is 181 g/mol. The van der Waals surface area contributed by atoms with Crippen LogP contribution in [-0.4, -0.2) is 18.2 Å². The lowest BCUT2D eigenvalue weighted by atomic mass is 10.2. The molecule has 0 aliphatic rings. The number of nitrogens with one attached hydrogen (secondary N) is 1. The maximum Gasteiger partial charge on any atom is 0.251 e. The van der Waals surface area contributed by atoms with Gasteiger partial charge < -0.3 is 9.72 Å². The van der Waals surface area contributed by atoms with Crippen LogP contribution < -0.4 is 5.56 Å². The van der Waals surface area contributed by atoms with Crippen molar-refractivity contribution in [3.8, 4) is 0 Å². The first kappa shape index (κ1) is 9.99. The highest BCUT2D eigenvalue weighted by atomic mass is 16.5. The molecule has 72 valence electrons. The van der Waals surface area contributed by atoms with Crippen LogP contribution in [0.2, 0.25) is 0 Å². The SMILES string of the molecule is CCOCCCc1ccc[nH]c1=O. The zero-order valence-electron chi connectivity index (χ0n) is 7.88. The largest absolute Gasteiger partial charge is 0.382 e. The van der Waals surface area contributed by atoms with Crippen LogP contribution in [0, 0.1) is 0 Å². The third kappa shape index (κ3) is 3.42. The first-order chi connectivity index (χ1) is 6.34. The summed E-state index contributed by atoms with van der Waals surface area (Å²) in [6.45, 7) is 3.44. The van der Waals surface area contributed by atoms with E-state index in [1.165, 1.54) is 0 Å². The maximum absolute atomic E-state index is 11.2. The standard InChI is InChI=1S/C10H15NO2/c1-2-13-8-4-6-9-5-3-7-11-10(9)12/h3,5,7H,2,4,6,8H2,1H3,(H,11,12). The molecule has 1 N–H and O–H groups in total. The molecule has 0 unspecified atom stereocenters.